The molecule has 0 saturated carbocycles. The minimum absolute atomic E-state index is 0.260. The van der Waals surface area contributed by atoms with Crippen LogP contribution in [0.25, 0.3) is 0 Å². The molecule has 0 radical (unpaired) electrons. The maximum absolute atomic E-state index is 12.7. The lowest BCUT2D eigenvalue weighted by Gasteiger charge is -2.26. The van der Waals surface area contributed by atoms with Crippen molar-refractivity contribution in [1.82, 2.24) is 10.2 Å². The van der Waals surface area contributed by atoms with Crippen molar-refractivity contribution < 1.29 is 24.2 Å². The largest absolute Gasteiger partial charge is 0.480 e. The van der Waals surface area contributed by atoms with Crippen molar-refractivity contribution in [3.8, 4) is 0 Å². The molecule has 0 spiro atoms. The molecule has 0 aromatic heterocycles. The van der Waals surface area contributed by atoms with Crippen LogP contribution in [0.15, 0.2) is 30.3 Å². The molecule has 7 nitrogen and oxygen atoms in total. The number of nitrogens with zero attached hydrogens (tertiary/aromatic N) is 1. The first-order valence-electron chi connectivity index (χ1n) is 9.48. The van der Waals surface area contributed by atoms with Gasteiger partial charge in [0, 0.05) is 6.54 Å². The third-order valence-corrected chi connectivity index (χ3v) is 4.64. The quantitative estimate of drug-likeness (QED) is 0.636. The number of aliphatic carboxylic acids is 1. The highest BCUT2D eigenvalue weighted by Gasteiger charge is 2.32. The molecule has 0 unspecified atom stereocenters. The second-order valence-electron chi connectivity index (χ2n) is 6.70. The van der Waals surface area contributed by atoms with E-state index in [0.717, 1.165) is 18.4 Å². The number of amides is 1. The van der Waals surface area contributed by atoms with Crippen molar-refractivity contribution in [2.75, 3.05) is 19.7 Å². The van der Waals surface area contributed by atoms with Crippen LogP contribution in [0.1, 0.15) is 38.2 Å². The van der Waals surface area contributed by atoms with Crippen LogP contribution in [0.2, 0.25) is 0 Å². The molecule has 1 fully saturated rings. The topological polar surface area (TPSA) is 95.9 Å². The normalized spacial score (nSPS) is 18.6. The van der Waals surface area contributed by atoms with E-state index in [1.54, 1.807) is 6.92 Å². The Hall–Kier alpha value is -2.41. The minimum atomic E-state index is -1.03. The molecule has 0 aliphatic carbocycles. The van der Waals surface area contributed by atoms with Gasteiger partial charge in [-0.15, -0.1) is 0 Å². The predicted octanol–water partition coefficient (Wildman–Crippen LogP) is 1.61. The zero-order valence-electron chi connectivity index (χ0n) is 15.7. The first-order chi connectivity index (χ1) is 13.0. The van der Waals surface area contributed by atoms with Crippen LogP contribution in [0.4, 0.5) is 0 Å². The molecule has 1 aromatic carbocycles. The summed E-state index contributed by atoms with van der Waals surface area (Å²) in [6, 6.07) is 8.63. The number of carboxylic acid groups (broad SMARTS) is 1. The molecule has 0 bridgehead atoms. The van der Waals surface area contributed by atoms with Crippen LogP contribution >= 0.6 is 0 Å². The van der Waals surface area contributed by atoms with Crippen molar-refractivity contribution in [1.29, 1.82) is 0 Å². The Morgan fingerprint density at radius 2 is 2.04 bits per heavy atom. The molecular weight excluding hydrogens is 348 g/mol. The number of benzene rings is 1. The van der Waals surface area contributed by atoms with Gasteiger partial charge in [-0.1, -0.05) is 30.3 Å². The summed E-state index contributed by atoms with van der Waals surface area (Å²) in [6.07, 6.45) is 3.32. The number of carbonyl (C=O) groups is 3. The van der Waals surface area contributed by atoms with Gasteiger partial charge in [0.2, 0.25) is 5.91 Å². The van der Waals surface area contributed by atoms with Gasteiger partial charge >= 0.3 is 11.9 Å². The maximum atomic E-state index is 12.7. The summed E-state index contributed by atoms with van der Waals surface area (Å²) in [5.74, 6) is -1.67. The predicted molar refractivity (Wildman–Crippen MR) is 100 cm³/mol. The molecule has 1 aliphatic rings. The fourth-order valence-corrected chi connectivity index (χ4v) is 3.29. The van der Waals surface area contributed by atoms with Crippen LogP contribution in [0.3, 0.4) is 0 Å². The lowest BCUT2D eigenvalue weighted by molar-refractivity contribution is -0.148. The number of esters is 1. The van der Waals surface area contributed by atoms with E-state index in [0.29, 0.717) is 25.8 Å². The van der Waals surface area contributed by atoms with Crippen molar-refractivity contribution >= 4 is 17.8 Å². The van der Waals surface area contributed by atoms with E-state index in [2.05, 4.69) is 5.32 Å². The Balaban J connectivity index is 2.06. The molecule has 2 rings (SSSR count). The standard InChI is InChI=1S/C20H28N2O5/c1-2-27-20(26)17(12-11-15-8-4-3-5-9-15)21-16-10-6-7-13-22(19(16)25)14-18(23)24/h3-5,8-9,16-17,21H,2,6-7,10-14H2,1H3,(H,23,24)/t16-,17+/m1/s1. The summed E-state index contributed by atoms with van der Waals surface area (Å²) in [6.45, 7) is 2.13. The smallest absolute Gasteiger partial charge is 0.323 e. The van der Waals surface area contributed by atoms with Crippen molar-refractivity contribution in [3.05, 3.63) is 35.9 Å². The van der Waals surface area contributed by atoms with Crippen molar-refractivity contribution in [2.24, 2.45) is 0 Å². The monoisotopic (exact) mass is 376 g/mol. The zero-order valence-corrected chi connectivity index (χ0v) is 15.7. The number of hydrogen-bond donors (Lipinski definition) is 2. The number of carbonyl (C=O) groups excluding carboxylic acids is 2. The Morgan fingerprint density at radius 3 is 2.70 bits per heavy atom. The fraction of sp³-hybridized carbons (Fsp3) is 0.550. The second-order valence-corrected chi connectivity index (χ2v) is 6.70. The van der Waals surface area contributed by atoms with Gasteiger partial charge in [-0.3, -0.25) is 19.7 Å². The van der Waals surface area contributed by atoms with Gasteiger partial charge < -0.3 is 14.7 Å². The number of hydrogen-bond acceptors (Lipinski definition) is 5. The van der Waals surface area contributed by atoms with Gasteiger partial charge in [0.25, 0.3) is 0 Å². The van der Waals surface area contributed by atoms with Crippen LogP contribution < -0.4 is 5.32 Å². The number of carboxylic acids is 1. The average molecular weight is 376 g/mol. The van der Waals surface area contributed by atoms with E-state index in [1.807, 2.05) is 30.3 Å². The molecular formula is C20H28N2O5. The third-order valence-electron chi connectivity index (χ3n) is 4.64. The summed E-state index contributed by atoms with van der Waals surface area (Å²) in [5, 5.41) is 12.2. The SMILES string of the molecule is CCOC(=O)[C@H](CCc1ccccc1)N[C@@H]1CCCCN(CC(=O)O)C1=O. The third kappa shape index (κ3) is 6.67. The average Bonchev–Trinajstić information content (AvgIpc) is 2.81. The number of aryl methyl sites for hydroxylation is 1. The highest BCUT2D eigenvalue weighted by Crippen LogP contribution is 2.15. The Bertz CT molecular complexity index is 635. The molecule has 1 heterocycles. The summed E-state index contributed by atoms with van der Waals surface area (Å²) < 4.78 is 5.17. The number of nitrogens with one attached hydrogen (secondary N) is 1. The summed E-state index contributed by atoms with van der Waals surface area (Å²) in [4.78, 5) is 37.5. The van der Waals surface area contributed by atoms with Crippen molar-refractivity contribution in [3.63, 3.8) is 0 Å². The van der Waals surface area contributed by atoms with E-state index in [4.69, 9.17) is 9.84 Å². The van der Waals surface area contributed by atoms with Gasteiger partial charge in [-0.25, -0.2) is 0 Å². The number of rotatable bonds is 9. The lowest BCUT2D eigenvalue weighted by atomic mass is 10.0. The summed E-state index contributed by atoms with van der Waals surface area (Å²) in [7, 11) is 0. The van der Waals surface area contributed by atoms with Gasteiger partial charge in [0.05, 0.1) is 12.6 Å². The molecule has 1 aromatic rings. The molecule has 2 N–H and O–H groups in total. The van der Waals surface area contributed by atoms with E-state index >= 15 is 0 Å². The van der Waals surface area contributed by atoms with Crippen LogP contribution in [0, 0.1) is 0 Å². The Morgan fingerprint density at radius 1 is 1.30 bits per heavy atom. The highest BCUT2D eigenvalue weighted by molar-refractivity contribution is 5.86. The van der Waals surface area contributed by atoms with E-state index in [-0.39, 0.29) is 25.0 Å². The lowest BCUT2D eigenvalue weighted by Crippen LogP contribution is -2.52. The highest BCUT2D eigenvalue weighted by atomic mass is 16.5. The van der Waals surface area contributed by atoms with Gasteiger partial charge in [0.1, 0.15) is 12.6 Å². The molecule has 148 valence electrons. The molecule has 7 heteroatoms. The number of ether oxygens (including phenoxy) is 1. The summed E-state index contributed by atoms with van der Waals surface area (Å²) >= 11 is 0. The molecule has 1 amide bonds. The number of likely N-dealkylation sites (tertiary alicyclic amines) is 1. The van der Waals surface area contributed by atoms with Crippen LogP contribution in [0.5, 0.6) is 0 Å². The van der Waals surface area contributed by atoms with E-state index < -0.39 is 18.1 Å². The maximum Gasteiger partial charge on any atom is 0.323 e. The van der Waals surface area contributed by atoms with Gasteiger partial charge in [-0.2, -0.15) is 0 Å². The molecule has 1 aliphatic heterocycles. The van der Waals surface area contributed by atoms with Gasteiger partial charge in [-0.05, 0) is 44.6 Å². The fourth-order valence-electron chi connectivity index (χ4n) is 3.29. The van der Waals surface area contributed by atoms with E-state index in [1.165, 1.54) is 4.90 Å². The first kappa shape index (κ1) is 20.9. The molecule has 2 atom stereocenters. The minimum Gasteiger partial charge on any atom is -0.480 e. The van der Waals surface area contributed by atoms with Crippen LogP contribution in [-0.2, 0) is 25.5 Å². The Labute approximate surface area is 159 Å². The Kier molecular flexibility index (Phi) is 8.26. The summed E-state index contributed by atoms with van der Waals surface area (Å²) in [5.41, 5.74) is 1.10. The first-order valence-corrected chi connectivity index (χ1v) is 9.48. The van der Waals surface area contributed by atoms with Gasteiger partial charge in [0.15, 0.2) is 0 Å². The molecule has 27 heavy (non-hydrogen) atoms. The van der Waals surface area contributed by atoms with Crippen molar-refractivity contribution in [2.45, 2.75) is 51.1 Å². The van der Waals surface area contributed by atoms with E-state index in [9.17, 15) is 14.4 Å². The second kappa shape index (κ2) is 10.7. The van der Waals surface area contributed by atoms with Crippen LogP contribution in [-0.4, -0.2) is 59.6 Å². The molecule has 1 saturated heterocycles. The zero-order chi connectivity index (χ0) is 19.6.